The van der Waals surface area contributed by atoms with Crippen LogP contribution in [-0.2, 0) is 10.0 Å². The molecule has 2 rings (SSSR count). The van der Waals surface area contributed by atoms with Crippen molar-refractivity contribution in [2.45, 2.75) is 4.90 Å². The van der Waals surface area contributed by atoms with Gasteiger partial charge in [-0.25, -0.2) is 13.1 Å². The zero-order valence-corrected chi connectivity index (χ0v) is 13.3. The lowest BCUT2D eigenvalue weighted by atomic mass is 10.3. The van der Waals surface area contributed by atoms with Gasteiger partial charge in [0.15, 0.2) is 0 Å². The highest BCUT2D eigenvalue weighted by Crippen LogP contribution is 2.16. The molecule has 4 nitrogen and oxygen atoms in total. The van der Waals surface area contributed by atoms with Crippen molar-refractivity contribution in [1.82, 2.24) is 4.72 Å². The maximum Gasteiger partial charge on any atom is 0.240 e. The van der Waals surface area contributed by atoms with Gasteiger partial charge in [0.05, 0.1) is 4.90 Å². The van der Waals surface area contributed by atoms with E-state index in [0.29, 0.717) is 15.8 Å². The lowest BCUT2D eigenvalue weighted by molar-refractivity contribution is 0.323. The molecule has 2 aromatic rings. The molecule has 0 saturated heterocycles. The first kappa shape index (κ1) is 16.1. The molecule has 0 aliphatic carbocycles. The predicted octanol–water partition coefficient (Wildman–Crippen LogP) is 3.35. The summed E-state index contributed by atoms with van der Waals surface area (Å²) in [5, 5.41) is 1.10. The second-order valence-electron chi connectivity index (χ2n) is 4.15. The lowest BCUT2D eigenvalue weighted by Crippen LogP contribution is -2.28. The Morgan fingerprint density at radius 3 is 2.00 bits per heavy atom. The van der Waals surface area contributed by atoms with Crippen molar-refractivity contribution < 1.29 is 13.2 Å². The van der Waals surface area contributed by atoms with Crippen LogP contribution in [-0.4, -0.2) is 21.6 Å². The summed E-state index contributed by atoms with van der Waals surface area (Å²) in [7, 11) is -3.55. The van der Waals surface area contributed by atoms with Gasteiger partial charge in [-0.1, -0.05) is 23.2 Å². The summed E-state index contributed by atoms with van der Waals surface area (Å²) in [6.07, 6.45) is 0. The van der Waals surface area contributed by atoms with E-state index < -0.39 is 10.0 Å². The van der Waals surface area contributed by atoms with Crippen molar-refractivity contribution >= 4 is 33.2 Å². The average Bonchev–Trinajstić information content (AvgIpc) is 2.46. The van der Waals surface area contributed by atoms with Crippen molar-refractivity contribution in [2.75, 3.05) is 13.2 Å². The first-order valence-corrected chi connectivity index (χ1v) is 8.35. The molecule has 2 aromatic carbocycles. The molecule has 1 N–H and O–H groups in total. The van der Waals surface area contributed by atoms with E-state index in [9.17, 15) is 8.42 Å². The molecule has 0 fully saturated rings. The van der Waals surface area contributed by atoms with Crippen LogP contribution in [0.4, 0.5) is 0 Å². The highest BCUT2D eigenvalue weighted by molar-refractivity contribution is 7.89. The third kappa shape index (κ3) is 4.89. The highest BCUT2D eigenvalue weighted by Gasteiger charge is 2.12. The molecule has 0 radical (unpaired) electrons. The monoisotopic (exact) mass is 345 g/mol. The van der Waals surface area contributed by atoms with Crippen LogP contribution in [0.25, 0.3) is 0 Å². The zero-order chi connectivity index (χ0) is 15.3. The minimum atomic E-state index is -3.55. The quantitative estimate of drug-likeness (QED) is 0.816. The summed E-state index contributed by atoms with van der Waals surface area (Å²) in [5.41, 5.74) is 0. The maximum atomic E-state index is 12.0. The summed E-state index contributed by atoms with van der Waals surface area (Å²) < 4.78 is 31.8. The molecule has 0 spiro atoms. The Morgan fingerprint density at radius 1 is 0.905 bits per heavy atom. The lowest BCUT2D eigenvalue weighted by Gasteiger charge is -2.08. The fourth-order valence-corrected chi connectivity index (χ4v) is 2.84. The SMILES string of the molecule is O=S(=O)(NCCOc1ccc(Cl)cc1)c1ccc(Cl)cc1. The van der Waals surface area contributed by atoms with Gasteiger partial charge >= 0.3 is 0 Å². The Kier molecular flexibility index (Phi) is 5.47. The minimum Gasteiger partial charge on any atom is -0.492 e. The number of halogens is 2. The first-order valence-electron chi connectivity index (χ1n) is 6.11. The Labute approximate surface area is 133 Å². The Morgan fingerprint density at radius 2 is 1.43 bits per heavy atom. The van der Waals surface area contributed by atoms with Crippen molar-refractivity contribution in [2.24, 2.45) is 0 Å². The molecule has 0 bridgehead atoms. The molecule has 0 aliphatic rings. The Bertz CT molecular complexity index is 685. The van der Waals surface area contributed by atoms with Crippen molar-refractivity contribution in [3.63, 3.8) is 0 Å². The third-order valence-corrected chi connectivity index (χ3v) is 4.58. The third-order valence-electron chi connectivity index (χ3n) is 2.60. The molecule has 0 saturated carbocycles. The number of rotatable bonds is 6. The van der Waals surface area contributed by atoms with E-state index in [1.165, 1.54) is 24.3 Å². The second-order valence-corrected chi connectivity index (χ2v) is 6.79. The number of sulfonamides is 1. The molecule has 7 heteroatoms. The van der Waals surface area contributed by atoms with Gasteiger partial charge in [-0.2, -0.15) is 0 Å². The number of nitrogens with one attached hydrogen (secondary N) is 1. The van der Waals surface area contributed by atoms with Crippen LogP contribution in [0.1, 0.15) is 0 Å². The van der Waals surface area contributed by atoms with Gasteiger partial charge in [-0.3, -0.25) is 0 Å². The average molecular weight is 346 g/mol. The first-order chi connectivity index (χ1) is 9.97. The van der Waals surface area contributed by atoms with Gasteiger partial charge in [0.1, 0.15) is 12.4 Å². The van der Waals surface area contributed by atoms with Crippen LogP contribution >= 0.6 is 23.2 Å². The summed E-state index contributed by atoms with van der Waals surface area (Å²) in [4.78, 5) is 0.165. The summed E-state index contributed by atoms with van der Waals surface area (Å²) in [5.74, 6) is 0.630. The smallest absolute Gasteiger partial charge is 0.240 e. The van der Waals surface area contributed by atoms with Crippen LogP contribution in [0.2, 0.25) is 10.0 Å². The molecule has 21 heavy (non-hydrogen) atoms. The standard InChI is InChI=1S/C14H13Cl2NO3S/c15-11-1-5-13(6-2-11)20-10-9-17-21(18,19)14-7-3-12(16)4-8-14/h1-8,17H,9-10H2. The van der Waals surface area contributed by atoms with E-state index in [1.54, 1.807) is 24.3 Å². The van der Waals surface area contributed by atoms with Crippen LogP contribution in [0, 0.1) is 0 Å². The topological polar surface area (TPSA) is 55.4 Å². The zero-order valence-electron chi connectivity index (χ0n) is 10.9. The van der Waals surface area contributed by atoms with Gasteiger partial charge < -0.3 is 4.74 Å². The van der Waals surface area contributed by atoms with Crippen molar-refractivity contribution in [1.29, 1.82) is 0 Å². The van der Waals surface area contributed by atoms with Gasteiger partial charge in [0.2, 0.25) is 10.0 Å². The summed E-state index contributed by atoms with van der Waals surface area (Å²) in [6.45, 7) is 0.377. The van der Waals surface area contributed by atoms with Gasteiger partial charge in [0.25, 0.3) is 0 Å². The normalized spacial score (nSPS) is 11.3. The molecular weight excluding hydrogens is 333 g/mol. The van der Waals surface area contributed by atoms with E-state index in [4.69, 9.17) is 27.9 Å². The van der Waals surface area contributed by atoms with Gasteiger partial charge in [0, 0.05) is 16.6 Å². The number of hydrogen-bond donors (Lipinski definition) is 1. The van der Waals surface area contributed by atoms with E-state index in [0.717, 1.165) is 0 Å². The van der Waals surface area contributed by atoms with Gasteiger partial charge in [-0.05, 0) is 48.5 Å². The number of hydrogen-bond acceptors (Lipinski definition) is 3. The van der Waals surface area contributed by atoms with E-state index in [2.05, 4.69) is 4.72 Å². The molecule has 0 aromatic heterocycles. The predicted molar refractivity (Wildman–Crippen MR) is 83.6 cm³/mol. The maximum absolute atomic E-state index is 12.0. The van der Waals surface area contributed by atoms with Crippen LogP contribution in [0.3, 0.4) is 0 Å². The fourth-order valence-electron chi connectivity index (χ4n) is 1.57. The molecule has 0 atom stereocenters. The van der Waals surface area contributed by atoms with Crippen LogP contribution < -0.4 is 9.46 Å². The molecule has 112 valence electrons. The molecular formula is C14H13Cl2NO3S. The molecule has 0 heterocycles. The minimum absolute atomic E-state index is 0.160. The second kappa shape index (κ2) is 7.13. The highest BCUT2D eigenvalue weighted by atomic mass is 35.5. The molecule has 0 aliphatic heterocycles. The Balaban J connectivity index is 1.85. The Hall–Kier alpha value is -1.27. The molecule has 0 unspecified atom stereocenters. The van der Waals surface area contributed by atoms with Crippen LogP contribution in [0.15, 0.2) is 53.4 Å². The van der Waals surface area contributed by atoms with Crippen molar-refractivity contribution in [3.8, 4) is 5.75 Å². The van der Waals surface area contributed by atoms with Crippen LogP contribution in [0.5, 0.6) is 5.75 Å². The summed E-state index contributed by atoms with van der Waals surface area (Å²) >= 11 is 11.5. The van der Waals surface area contributed by atoms with E-state index in [1.807, 2.05) is 0 Å². The van der Waals surface area contributed by atoms with E-state index in [-0.39, 0.29) is 18.0 Å². The fraction of sp³-hybridized carbons (Fsp3) is 0.143. The van der Waals surface area contributed by atoms with Crippen molar-refractivity contribution in [3.05, 3.63) is 58.6 Å². The number of ether oxygens (including phenoxy) is 1. The number of benzene rings is 2. The molecule has 0 amide bonds. The summed E-state index contributed by atoms with van der Waals surface area (Å²) in [6, 6.07) is 12.8. The largest absolute Gasteiger partial charge is 0.492 e. The van der Waals surface area contributed by atoms with E-state index >= 15 is 0 Å². The van der Waals surface area contributed by atoms with Gasteiger partial charge in [-0.15, -0.1) is 0 Å².